The van der Waals surface area contributed by atoms with Gasteiger partial charge < -0.3 is 15.4 Å². The Balaban J connectivity index is 1.65. The average molecular weight is 268 g/mol. The van der Waals surface area contributed by atoms with Gasteiger partial charge in [-0.25, -0.2) is 4.79 Å². The molecule has 4 heteroatoms. The first-order valence-electron chi connectivity index (χ1n) is 7.56. The number of carbonyl (C=O) groups excluding carboxylic acids is 1. The van der Waals surface area contributed by atoms with Crippen molar-refractivity contribution in [1.82, 2.24) is 10.6 Å². The maximum Gasteiger partial charge on any atom is 0.407 e. The lowest BCUT2D eigenvalue weighted by molar-refractivity contribution is 0.0522. The van der Waals surface area contributed by atoms with E-state index in [2.05, 4.69) is 17.6 Å². The molecule has 0 aromatic rings. The fourth-order valence-corrected chi connectivity index (χ4v) is 3.42. The monoisotopic (exact) mass is 268 g/mol. The second kappa shape index (κ2) is 5.70. The van der Waals surface area contributed by atoms with Gasteiger partial charge in [-0.2, -0.15) is 0 Å². The molecular formula is C15H28N2O2. The Kier molecular flexibility index (Phi) is 4.39. The van der Waals surface area contributed by atoms with Gasteiger partial charge in [0.2, 0.25) is 0 Å². The highest BCUT2D eigenvalue weighted by atomic mass is 16.6. The van der Waals surface area contributed by atoms with Crippen LogP contribution >= 0.6 is 0 Å². The highest BCUT2D eigenvalue weighted by Crippen LogP contribution is 2.44. The Hall–Kier alpha value is -0.770. The molecular weight excluding hydrogens is 240 g/mol. The van der Waals surface area contributed by atoms with Crippen molar-refractivity contribution < 1.29 is 9.53 Å². The molecule has 2 saturated carbocycles. The van der Waals surface area contributed by atoms with Crippen LogP contribution in [-0.4, -0.2) is 30.3 Å². The molecule has 0 aromatic heterocycles. The lowest BCUT2D eigenvalue weighted by atomic mass is 9.95. The third-order valence-corrected chi connectivity index (χ3v) is 4.19. The largest absolute Gasteiger partial charge is 0.444 e. The minimum Gasteiger partial charge on any atom is -0.444 e. The summed E-state index contributed by atoms with van der Waals surface area (Å²) in [6.07, 6.45) is 5.21. The molecule has 4 unspecified atom stereocenters. The molecule has 4 atom stereocenters. The van der Waals surface area contributed by atoms with Gasteiger partial charge in [-0.1, -0.05) is 6.42 Å². The van der Waals surface area contributed by atoms with Gasteiger partial charge in [0, 0.05) is 18.6 Å². The minimum atomic E-state index is -0.425. The molecule has 1 amide bonds. The predicted molar refractivity (Wildman–Crippen MR) is 76.1 cm³/mol. The van der Waals surface area contributed by atoms with E-state index in [1.54, 1.807) is 0 Å². The molecule has 0 saturated heterocycles. The Labute approximate surface area is 116 Å². The van der Waals surface area contributed by atoms with E-state index in [1.165, 1.54) is 25.7 Å². The van der Waals surface area contributed by atoms with Gasteiger partial charge in [0.25, 0.3) is 0 Å². The van der Waals surface area contributed by atoms with Crippen LogP contribution in [0.25, 0.3) is 0 Å². The van der Waals surface area contributed by atoms with Crippen LogP contribution in [0, 0.1) is 11.8 Å². The summed E-state index contributed by atoms with van der Waals surface area (Å²) in [7, 11) is 0. The second-order valence-electron chi connectivity index (χ2n) is 7.23. The van der Waals surface area contributed by atoms with Crippen molar-refractivity contribution in [2.75, 3.05) is 6.54 Å². The van der Waals surface area contributed by atoms with Crippen molar-refractivity contribution in [3.05, 3.63) is 0 Å². The summed E-state index contributed by atoms with van der Waals surface area (Å²) < 4.78 is 5.23. The topological polar surface area (TPSA) is 50.4 Å². The van der Waals surface area contributed by atoms with E-state index in [0.29, 0.717) is 18.6 Å². The fourth-order valence-electron chi connectivity index (χ4n) is 3.42. The molecule has 110 valence electrons. The average Bonchev–Trinajstić information content (AvgIpc) is 2.85. The van der Waals surface area contributed by atoms with Gasteiger partial charge in [0.1, 0.15) is 5.60 Å². The van der Waals surface area contributed by atoms with E-state index in [1.807, 2.05) is 20.8 Å². The van der Waals surface area contributed by atoms with Crippen molar-refractivity contribution in [1.29, 1.82) is 0 Å². The van der Waals surface area contributed by atoms with Crippen molar-refractivity contribution in [2.24, 2.45) is 11.8 Å². The molecule has 2 aliphatic rings. The zero-order chi connectivity index (χ0) is 14.0. The summed E-state index contributed by atoms with van der Waals surface area (Å²) in [6, 6.07) is 0.964. The third kappa shape index (κ3) is 4.37. The van der Waals surface area contributed by atoms with Crippen LogP contribution in [0.1, 0.15) is 53.4 Å². The SMILES string of the molecule is CC(CNC(=O)OC(C)(C)C)NC1CC2CCC1C2. The van der Waals surface area contributed by atoms with Gasteiger partial charge in [0.15, 0.2) is 0 Å². The standard InChI is InChI=1S/C15H28N2O2/c1-10(9-16-14(18)19-15(2,3)4)17-13-8-11-5-6-12(13)7-11/h10-13,17H,5-9H2,1-4H3,(H,16,18). The Morgan fingerprint density at radius 2 is 2.05 bits per heavy atom. The van der Waals surface area contributed by atoms with Gasteiger partial charge in [-0.15, -0.1) is 0 Å². The van der Waals surface area contributed by atoms with E-state index in [-0.39, 0.29) is 6.09 Å². The Morgan fingerprint density at radius 1 is 1.32 bits per heavy atom. The molecule has 2 fully saturated rings. The number of hydrogen-bond acceptors (Lipinski definition) is 3. The van der Waals surface area contributed by atoms with Crippen molar-refractivity contribution in [3.63, 3.8) is 0 Å². The van der Waals surface area contributed by atoms with Crippen molar-refractivity contribution in [2.45, 2.75) is 71.1 Å². The number of fused-ring (bicyclic) bond motifs is 2. The molecule has 19 heavy (non-hydrogen) atoms. The first-order chi connectivity index (χ1) is 8.83. The van der Waals surface area contributed by atoms with Gasteiger partial charge in [-0.05, 0) is 58.8 Å². The zero-order valence-electron chi connectivity index (χ0n) is 12.7. The zero-order valence-corrected chi connectivity index (χ0v) is 12.7. The van der Waals surface area contributed by atoms with Crippen LogP contribution in [0.5, 0.6) is 0 Å². The number of alkyl carbamates (subject to hydrolysis) is 1. The van der Waals surface area contributed by atoms with E-state index in [9.17, 15) is 4.79 Å². The van der Waals surface area contributed by atoms with Crippen molar-refractivity contribution in [3.8, 4) is 0 Å². The molecule has 0 spiro atoms. The Bertz CT molecular complexity index is 325. The number of hydrogen-bond donors (Lipinski definition) is 2. The lowest BCUT2D eigenvalue weighted by Crippen LogP contribution is -2.46. The van der Waals surface area contributed by atoms with E-state index in [0.717, 1.165) is 11.8 Å². The summed E-state index contributed by atoms with van der Waals surface area (Å²) in [5, 5.41) is 6.49. The van der Waals surface area contributed by atoms with E-state index >= 15 is 0 Å². The van der Waals surface area contributed by atoms with E-state index in [4.69, 9.17) is 4.74 Å². The summed E-state index contributed by atoms with van der Waals surface area (Å²) in [6.45, 7) is 8.39. The maximum absolute atomic E-state index is 11.6. The maximum atomic E-state index is 11.6. The van der Waals surface area contributed by atoms with Crippen LogP contribution in [0.3, 0.4) is 0 Å². The molecule has 0 aromatic carbocycles. The summed E-state index contributed by atoms with van der Waals surface area (Å²) in [4.78, 5) is 11.6. The molecule has 0 aliphatic heterocycles. The molecule has 4 nitrogen and oxygen atoms in total. The smallest absolute Gasteiger partial charge is 0.407 e. The second-order valence-corrected chi connectivity index (χ2v) is 7.23. The normalized spacial score (nSPS) is 31.3. The molecule has 0 radical (unpaired) electrons. The molecule has 2 aliphatic carbocycles. The molecule has 2 bridgehead atoms. The summed E-state index contributed by atoms with van der Waals surface area (Å²) in [5.74, 6) is 1.82. The van der Waals surface area contributed by atoms with E-state index < -0.39 is 5.60 Å². The van der Waals surface area contributed by atoms with Crippen LogP contribution in [0.2, 0.25) is 0 Å². The molecule has 2 rings (SSSR count). The van der Waals surface area contributed by atoms with Gasteiger partial charge in [-0.3, -0.25) is 0 Å². The van der Waals surface area contributed by atoms with Crippen LogP contribution in [0.4, 0.5) is 4.79 Å². The number of nitrogens with one attached hydrogen (secondary N) is 2. The number of carbonyl (C=O) groups is 1. The first-order valence-corrected chi connectivity index (χ1v) is 7.56. The third-order valence-electron chi connectivity index (χ3n) is 4.19. The predicted octanol–water partition coefficient (Wildman–Crippen LogP) is 2.68. The van der Waals surface area contributed by atoms with Crippen LogP contribution < -0.4 is 10.6 Å². The highest BCUT2D eigenvalue weighted by Gasteiger charge is 2.39. The summed E-state index contributed by atoms with van der Waals surface area (Å²) >= 11 is 0. The summed E-state index contributed by atoms with van der Waals surface area (Å²) in [5.41, 5.74) is -0.425. The van der Waals surface area contributed by atoms with Crippen LogP contribution in [-0.2, 0) is 4.74 Å². The van der Waals surface area contributed by atoms with Gasteiger partial charge >= 0.3 is 6.09 Å². The first kappa shape index (κ1) is 14.6. The van der Waals surface area contributed by atoms with Crippen molar-refractivity contribution >= 4 is 6.09 Å². The highest BCUT2D eigenvalue weighted by molar-refractivity contribution is 5.67. The number of amides is 1. The number of rotatable bonds is 4. The fraction of sp³-hybridized carbons (Fsp3) is 0.933. The van der Waals surface area contributed by atoms with Gasteiger partial charge in [0.05, 0.1) is 0 Å². The number of ether oxygens (including phenoxy) is 1. The lowest BCUT2D eigenvalue weighted by Gasteiger charge is -2.27. The minimum absolute atomic E-state index is 0.303. The Morgan fingerprint density at radius 3 is 2.58 bits per heavy atom. The van der Waals surface area contributed by atoms with Crippen LogP contribution in [0.15, 0.2) is 0 Å². The molecule has 2 N–H and O–H groups in total. The quantitative estimate of drug-likeness (QED) is 0.824. The molecule has 0 heterocycles.